The van der Waals surface area contributed by atoms with E-state index in [-0.39, 0.29) is 11.2 Å². The average molecular weight is 218 g/mol. The second-order valence-corrected chi connectivity index (χ2v) is 3.66. The van der Waals surface area contributed by atoms with Crippen molar-refractivity contribution in [2.45, 2.75) is 13.0 Å². The van der Waals surface area contributed by atoms with Gasteiger partial charge in [-0.1, -0.05) is 0 Å². The Morgan fingerprint density at radius 1 is 1.44 bits per heavy atom. The van der Waals surface area contributed by atoms with E-state index in [0.717, 1.165) is 12.1 Å². The number of rotatable bonds is 3. The van der Waals surface area contributed by atoms with Crippen LogP contribution in [0.1, 0.15) is 5.69 Å². The zero-order chi connectivity index (χ0) is 11.5. The van der Waals surface area contributed by atoms with Crippen molar-refractivity contribution in [2.75, 3.05) is 5.73 Å². The molecule has 0 aromatic carbocycles. The number of nitrogens with zero attached hydrogens (tertiary/aromatic N) is 3. The smallest absolute Gasteiger partial charge is 0.273 e. The van der Waals surface area contributed by atoms with Gasteiger partial charge in [0.1, 0.15) is 0 Å². The van der Waals surface area contributed by atoms with E-state index in [2.05, 4.69) is 5.10 Å². The Balaban J connectivity index is 2.14. The number of hydrogen-bond acceptors (Lipinski definition) is 3. The van der Waals surface area contributed by atoms with E-state index in [1.807, 2.05) is 13.1 Å². The minimum atomic E-state index is -0.135. The Morgan fingerprint density at radius 2 is 2.25 bits per heavy atom. The van der Waals surface area contributed by atoms with E-state index in [4.69, 9.17) is 5.73 Å². The van der Waals surface area contributed by atoms with Gasteiger partial charge in [-0.3, -0.25) is 9.48 Å². The zero-order valence-electron chi connectivity index (χ0n) is 9.13. The molecule has 0 saturated heterocycles. The van der Waals surface area contributed by atoms with Crippen molar-refractivity contribution < 1.29 is 0 Å². The number of nitrogen functional groups attached to an aromatic ring is 1. The Labute approximate surface area is 93.1 Å². The second kappa shape index (κ2) is 4.22. The summed E-state index contributed by atoms with van der Waals surface area (Å²) in [5.74, 6) is 0. The van der Waals surface area contributed by atoms with Gasteiger partial charge in [0.2, 0.25) is 0 Å². The summed E-state index contributed by atoms with van der Waals surface area (Å²) in [7, 11) is 1.89. The van der Waals surface area contributed by atoms with Crippen LogP contribution in [0.2, 0.25) is 0 Å². The maximum Gasteiger partial charge on any atom is 0.273 e. The van der Waals surface area contributed by atoms with Crippen LogP contribution in [-0.2, 0) is 20.0 Å². The fourth-order valence-electron chi connectivity index (χ4n) is 1.61. The largest absolute Gasteiger partial charge is 0.394 e. The molecule has 2 N–H and O–H groups in total. The number of aromatic nitrogens is 3. The van der Waals surface area contributed by atoms with Gasteiger partial charge in [-0.15, -0.1) is 0 Å². The molecule has 5 nitrogen and oxygen atoms in total. The third-order valence-electron chi connectivity index (χ3n) is 2.58. The second-order valence-electron chi connectivity index (χ2n) is 3.66. The van der Waals surface area contributed by atoms with Gasteiger partial charge in [0.05, 0.1) is 5.69 Å². The van der Waals surface area contributed by atoms with Crippen molar-refractivity contribution in [3.8, 4) is 0 Å². The molecule has 0 amide bonds. The lowest BCUT2D eigenvalue weighted by Gasteiger charge is -2.06. The summed E-state index contributed by atoms with van der Waals surface area (Å²) in [5, 5.41) is 4.07. The fraction of sp³-hybridized carbons (Fsp3) is 0.273. The fourth-order valence-corrected chi connectivity index (χ4v) is 1.61. The third-order valence-corrected chi connectivity index (χ3v) is 2.58. The van der Waals surface area contributed by atoms with Gasteiger partial charge in [0, 0.05) is 38.1 Å². The molecule has 16 heavy (non-hydrogen) atoms. The Kier molecular flexibility index (Phi) is 2.76. The Morgan fingerprint density at radius 3 is 2.94 bits per heavy atom. The molecule has 0 aliphatic carbocycles. The Bertz CT molecular complexity index is 541. The van der Waals surface area contributed by atoms with Gasteiger partial charge in [-0.2, -0.15) is 5.10 Å². The molecule has 84 valence electrons. The number of hydrogen-bond donors (Lipinski definition) is 1. The van der Waals surface area contributed by atoms with Crippen LogP contribution < -0.4 is 11.3 Å². The molecule has 5 heteroatoms. The highest BCUT2D eigenvalue weighted by atomic mass is 16.1. The van der Waals surface area contributed by atoms with Crippen molar-refractivity contribution in [2.24, 2.45) is 7.05 Å². The van der Waals surface area contributed by atoms with Crippen LogP contribution in [0.4, 0.5) is 5.69 Å². The first-order valence-corrected chi connectivity index (χ1v) is 5.10. The van der Waals surface area contributed by atoms with Gasteiger partial charge in [0.15, 0.2) is 0 Å². The lowest BCUT2D eigenvalue weighted by atomic mass is 10.3. The number of nitrogens with two attached hydrogens (primary N) is 1. The molecule has 0 spiro atoms. The lowest BCUT2D eigenvalue weighted by Crippen LogP contribution is -2.23. The van der Waals surface area contributed by atoms with Crippen molar-refractivity contribution in [3.05, 3.63) is 46.6 Å². The average Bonchev–Trinajstić information content (AvgIpc) is 2.67. The van der Waals surface area contributed by atoms with E-state index >= 15 is 0 Å². The van der Waals surface area contributed by atoms with Crippen LogP contribution in [0, 0.1) is 0 Å². The summed E-state index contributed by atoms with van der Waals surface area (Å²) in [5.41, 5.74) is 6.79. The van der Waals surface area contributed by atoms with Crippen LogP contribution in [0.25, 0.3) is 0 Å². The van der Waals surface area contributed by atoms with E-state index in [9.17, 15) is 4.79 Å². The quantitative estimate of drug-likeness (QED) is 0.811. The highest BCUT2D eigenvalue weighted by Crippen LogP contribution is 2.00. The molecule has 2 rings (SSSR count). The van der Waals surface area contributed by atoms with Crippen LogP contribution >= 0.6 is 0 Å². The third kappa shape index (κ3) is 1.98. The molecular weight excluding hydrogens is 204 g/mol. The number of aryl methyl sites for hydroxylation is 3. The van der Waals surface area contributed by atoms with E-state index in [0.29, 0.717) is 6.54 Å². The molecule has 2 aromatic rings. The van der Waals surface area contributed by atoms with E-state index in [1.165, 1.54) is 0 Å². The van der Waals surface area contributed by atoms with Crippen LogP contribution in [0.3, 0.4) is 0 Å². The predicted molar refractivity (Wildman–Crippen MR) is 62.0 cm³/mol. The number of anilines is 1. The maximum atomic E-state index is 11.6. The van der Waals surface area contributed by atoms with Gasteiger partial charge in [0.25, 0.3) is 5.56 Å². The standard InChI is InChI=1S/C11H14N4O/c1-14-9(4-6-13-14)5-8-15-7-2-3-10(12)11(15)16/h2-4,6-7H,5,8,12H2,1H3. The molecular formula is C11H14N4O. The highest BCUT2D eigenvalue weighted by Gasteiger charge is 2.02. The summed E-state index contributed by atoms with van der Waals surface area (Å²) in [6.45, 7) is 0.614. The van der Waals surface area contributed by atoms with Gasteiger partial charge < -0.3 is 10.3 Å². The topological polar surface area (TPSA) is 65.8 Å². The predicted octanol–water partition coefficient (Wildman–Crippen LogP) is 0.407. The molecule has 0 unspecified atom stereocenters. The van der Waals surface area contributed by atoms with Crippen LogP contribution in [-0.4, -0.2) is 14.3 Å². The Hall–Kier alpha value is -2.04. The zero-order valence-corrected chi connectivity index (χ0v) is 9.13. The SMILES string of the molecule is Cn1nccc1CCn1cccc(N)c1=O. The first kappa shape index (κ1) is 10.5. The van der Waals surface area contributed by atoms with Crippen molar-refractivity contribution in [3.63, 3.8) is 0 Å². The van der Waals surface area contributed by atoms with Crippen LogP contribution in [0.15, 0.2) is 35.4 Å². The molecule has 0 bridgehead atoms. The molecule has 2 aromatic heterocycles. The first-order chi connectivity index (χ1) is 7.68. The molecule has 0 aliphatic heterocycles. The monoisotopic (exact) mass is 218 g/mol. The van der Waals surface area contributed by atoms with E-state index in [1.54, 1.807) is 33.8 Å². The molecule has 2 heterocycles. The van der Waals surface area contributed by atoms with Gasteiger partial charge in [-0.05, 0) is 18.2 Å². The first-order valence-electron chi connectivity index (χ1n) is 5.10. The summed E-state index contributed by atoms with van der Waals surface area (Å²) in [6, 6.07) is 5.33. The normalized spacial score (nSPS) is 10.6. The van der Waals surface area contributed by atoms with Gasteiger partial charge in [-0.25, -0.2) is 0 Å². The van der Waals surface area contributed by atoms with E-state index < -0.39 is 0 Å². The maximum absolute atomic E-state index is 11.6. The van der Waals surface area contributed by atoms with Gasteiger partial charge >= 0.3 is 0 Å². The summed E-state index contributed by atoms with van der Waals surface area (Å²) >= 11 is 0. The molecule has 0 aliphatic rings. The minimum absolute atomic E-state index is 0.135. The minimum Gasteiger partial charge on any atom is -0.394 e. The molecule has 0 saturated carbocycles. The highest BCUT2D eigenvalue weighted by molar-refractivity contribution is 5.33. The molecule has 0 fully saturated rings. The molecule has 0 radical (unpaired) electrons. The summed E-state index contributed by atoms with van der Waals surface area (Å²) in [6.07, 6.45) is 4.26. The summed E-state index contributed by atoms with van der Waals surface area (Å²) in [4.78, 5) is 11.6. The van der Waals surface area contributed by atoms with Crippen molar-refractivity contribution in [1.82, 2.24) is 14.3 Å². The van der Waals surface area contributed by atoms with Crippen molar-refractivity contribution in [1.29, 1.82) is 0 Å². The summed E-state index contributed by atoms with van der Waals surface area (Å²) < 4.78 is 3.42. The van der Waals surface area contributed by atoms with Crippen molar-refractivity contribution >= 4 is 5.69 Å². The lowest BCUT2D eigenvalue weighted by molar-refractivity contribution is 0.623. The molecule has 0 atom stereocenters. The number of pyridine rings is 1. The van der Waals surface area contributed by atoms with Crippen LogP contribution in [0.5, 0.6) is 0 Å².